The number of aryl methyl sites for hydroxylation is 1. The maximum absolute atomic E-state index is 13.9. The van der Waals surface area contributed by atoms with E-state index >= 15 is 0 Å². The Labute approximate surface area is 217 Å². The second kappa shape index (κ2) is 10.2. The molecule has 0 bridgehead atoms. The lowest BCUT2D eigenvalue weighted by Crippen LogP contribution is -2.63. The quantitative estimate of drug-likeness (QED) is 0.590. The molecule has 38 heavy (non-hydrogen) atoms. The van der Waals surface area contributed by atoms with Crippen molar-refractivity contribution in [1.82, 2.24) is 15.1 Å². The maximum Gasteiger partial charge on any atom is 0.490 e. The van der Waals surface area contributed by atoms with Crippen LogP contribution in [-0.2, 0) is 25.7 Å². The molecule has 3 heterocycles. The van der Waals surface area contributed by atoms with Crippen LogP contribution in [0.2, 0.25) is 0 Å². The number of carbonyl (C=O) groups is 4. The number of alkyl halides is 3. The number of aliphatic carboxylic acids is 1. The van der Waals surface area contributed by atoms with Crippen molar-refractivity contribution in [2.24, 2.45) is 11.8 Å². The van der Waals surface area contributed by atoms with E-state index in [1.165, 1.54) is 11.9 Å². The smallest absolute Gasteiger partial charge is 0.475 e. The fourth-order valence-corrected chi connectivity index (χ4v) is 5.63. The number of amides is 3. The van der Waals surface area contributed by atoms with Gasteiger partial charge in [0.2, 0.25) is 17.7 Å². The average molecular weight is 532 g/mol. The molecule has 3 aliphatic heterocycles. The summed E-state index contributed by atoms with van der Waals surface area (Å²) in [6.07, 6.45) is -3.73. The molecule has 3 saturated heterocycles. The number of carboxylic acids is 1. The van der Waals surface area contributed by atoms with Crippen LogP contribution in [0.5, 0.6) is 0 Å². The zero-order chi connectivity index (χ0) is 27.8. The molecular weight excluding hydrogens is 503 g/mol. The molecule has 2 aromatic carbocycles. The second-order valence-corrected chi connectivity index (χ2v) is 9.86. The minimum Gasteiger partial charge on any atom is -0.475 e. The average Bonchev–Trinajstić information content (AvgIpc) is 3.32. The van der Waals surface area contributed by atoms with Crippen LogP contribution >= 0.6 is 0 Å². The van der Waals surface area contributed by atoms with Gasteiger partial charge < -0.3 is 10.0 Å². The summed E-state index contributed by atoms with van der Waals surface area (Å²) in [7, 11) is 1.54. The van der Waals surface area contributed by atoms with Gasteiger partial charge in [-0.25, -0.2) is 4.79 Å². The number of nitrogens with zero attached hydrogens (tertiary/aromatic N) is 2. The number of hydrogen-bond donors (Lipinski definition) is 2. The number of hydrogen-bond acceptors (Lipinski definition) is 5. The summed E-state index contributed by atoms with van der Waals surface area (Å²) in [5, 5.41) is 10.7. The SMILES string of the molecule is Cc1ccc([C@H]2N[C@]3(CCCN(Cc4ccccc4)C3=O)[C@H]3C(=O)N(C)C(=O)[C@@H]23)cc1.O=C(O)C(F)(F)F. The number of piperidine rings is 1. The summed E-state index contributed by atoms with van der Waals surface area (Å²) in [6, 6.07) is 17.5. The number of halogens is 3. The number of imide groups is 1. The highest BCUT2D eigenvalue weighted by Crippen LogP contribution is 2.51. The Hall–Kier alpha value is -3.73. The Morgan fingerprint density at radius 3 is 2.24 bits per heavy atom. The van der Waals surface area contributed by atoms with Crippen LogP contribution in [0.25, 0.3) is 0 Å². The van der Waals surface area contributed by atoms with E-state index in [4.69, 9.17) is 9.90 Å². The third kappa shape index (κ3) is 4.90. The predicted octanol–water partition coefficient (Wildman–Crippen LogP) is 3.07. The molecule has 202 valence electrons. The molecule has 1 spiro atoms. The Morgan fingerprint density at radius 2 is 1.66 bits per heavy atom. The monoisotopic (exact) mass is 531 g/mol. The minimum absolute atomic E-state index is 0.0661. The van der Waals surface area contributed by atoms with Crippen molar-refractivity contribution in [2.45, 2.75) is 44.1 Å². The molecule has 0 radical (unpaired) electrons. The highest BCUT2D eigenvalue weighted by Gasteiger charge is 2.68. The number of rotatable bonds is 3. The van der Waals surface area contributed by atoms with E-state index in [0.29, 0.717) is 19.5 Å². The number of benzene rings is 2. The number of carbonyl (C=O) groups excluding carboxylic acids is 3. The van der Waals surface area contributed by atoms with Crippen LogP contribution in [0.1, 0.15) is 35.6 Å². The lowest BCUT2D eigenvalue weighted by atomic mass is 9.74. The van der Waals surface area contributed by atoms with Crippen LogP contribution in [0.4, 0.5) is 13.2 Å². The summed E-state index contributed by atoms with van der Waals surface area (Å²) in [6.45, 7) is 3.18. The van der Waals surface area contributed by atoms with Crippen molar-refractivity contribution >= 4 is 23.7 Å². The lowest BCUT2D eigenvalue weighted by Gasteiger charge is -2.42. The van der Waals surface area contributed by atoms with Crippen LogP contribution in [0.15, 0.2) is 54.6 Å². The molecule has 0 aliphatic carbocycles. The second-order valence-electron chi connectivity index (χ2n) is 9.86. The Kier molecular flexibility index (Phi) is 7.33. The maximum atomic E-state index is 13.9. The van der Waals surface area contributed by atoms with E-state index in [1.807, 2.05) is 66.4 Å². The van der Waals surface area contributed by atoms with E-state index in [1.54, 1.807) is 0 Å². The van der Waals surface area contributed by atoms with Crippen molar-refractivity contribution < 1.29 is 37.5 Å². The molecule has 0 saturated carbocycles. The zero-order valence-electron chi connectivity index (χ0n) is 20.9. The van der Waals surface area contributed by atoms with Gasteiger partial charge in [-0.2, -0.15) is 13.2 Å². The predicted molar refractivity (Wildman–Crippen MR) is 129 cm³/mol. The summed E-state index contributed by atoms with van der Waals surface area (Å²) in [5.41, 5.74) is 2.09. The third-order valence-electron chi connectivity index (χ3n) is 7.44. The topological polar surface area (TPSA) is 107 Å². The van der Waals surface area contributed by atoms with Crippen molar-refractivity contribution in [3.8, 4) is 0 Å². The Bertz CT molecular complexity index is 1230. The highest BCUT2D eigenvalue weighted by molar-refractivity contribution is 6.10. The third-order valence-corrected chi connectivity index (χ3v) is 7.44. The molecule has 8 nitrogen and oxygen atoms in total. The normalized spacial score (nSPS) is 26.9. The van der Waals surface area contributed by atoms with E-state index in [2.05, 4.69) is 5.32 Å². The first-order valence-corrected chi connectivity index (χ1v) is 12.2. The number of likely N-dealkylation sites (tertiary alicyclic amines) is 2. The first-order chi connectivity index (χ1) is 17.9. The van der Waals surface area contributed by atoms with Crippen molar-refractivity contribution in [3.63, 3.8) is 0 Å². The standard InChI is InChI=1S/C25H27N3O3.C2HF3O2/c1-16-9-11-18(12-10-16)21-19-20(23(30)27(2)22(19)29)25(26-21)13-6-14-28(24(25)31)15-17-7-4-3-5-8-17;3-2(4,5)1(6)7/h3-5,7-12,19-21,26H,6,13-15H2,1-2H3;(H,6,7)/t19-,20-,21-,25-;/m1./s1. The molecule has 5 rings (SSSR count). The zero-order valence-corrected chi connectivity index (χ0v) is 20.9. The van der Waals surface area contributed by atoms with Gasteiger partial charge >= 0.3 is 12.1 Å². The first kappa shape index (κ1) is 27.3. The molecular formula is C27H28F3N3O5. The van der Waals surface area contributed by atoms with Crippen molar-refractivity contribution in [3.05, 3.63) is 71.3 Å². The van der Waals surface area contributed by atoms with Gasteiger partial charge in [0.25, 0.3) is 0 Å². The van der Waals surface area contributed by atoms with Crippen LogP contribution in [0, 0.1) is 18.8 Å². The largest absolute Gasteiger partial charge is 0.490 e. The summed E-state index contributed by atoms with van der Waals surface area (Å²) in [4.78, 5) is 52.1. The van der Waals surface area contributed by atoms with Gasteiger partial charge in [-0.1, -0.05) is 60.2 Å². The van der Waals surface area contributed by atoms with E-state index in [0.717, 1.165) is 23.1 Å². The molecule has 4 atom stereocenters. The van der Waals surface area contributed by atoms with Gasteiger partial charge in [-0.3, -0.25) is 24.6 Å². The van der Waals surface area contributed by atoms with Gasteiger partial charge in [0.15, 0.2) is 0 Å². The Morgan fingerprint density at radius 1 is 1.05 bits per heavy atom. The molecule has 0 unspecified atom stereocenters. The number of fused-ring (bicyclic) bond motifs is 2. The molecule has 3 fully saturated rings. The minimum atomic E-state index is -5.08. The van der Waals surface area contributed by atoms with Gasteiger partial charge in [-0.15, -0.1) is 0 Å². The summed E-state index contributed by atoms with van der Waals surface area (Å²) in [5.74, 6) is -4.48. The van der Waals surface area contributed by atoms with Gasteiger partial charge in [0.1, 0.15) is 5.54 Å². The molecule has 0 aromatic heterocycles. The molecule has 2 aromatic rings. The van der Waals surface area contributed by atoms with E-state index < -0.39 is 29.5 Å². The van der Waals surface area contributed by atoms with Crippen LogP contribution in [-0.4, -0.2) is 63.9 Å². The Balaban J connectivity index is 0.000000426. The van der Waals surface area contributed by atoms with Crippen LogP contribution < -0.4 is 5.32 Å². The van der Waals surface area contributed by atoms with E-state index in [-0.39, 0.29) is 23.8 Å². The number of nitrogens with one attached hydrogen (secondary N) is 1. The highest BCUT2D eigenvalue weighted by atomic mass is 19.4. The van der Waals surface area contributed by atoms with Gasteiger partial charge in [0, 0.05) is 26.2 Å². The van der Waals surface area contributed by atoms with Gasteiger partial charge in [-0.05, 0) is 30.9 Å². The molecule has 3 aliphatic rings. The van der Waals surface area contributed by atoms with Crippen LogP contribution in [0.3, 0.4) is 0 Å². The van der Waals surface area contributed by atoms with E-state index in [9.17, 15) is 27.6 Å². The molecule has 2 N–H and O–H groups in total. The van der Waals surface area contributed by atoms with Crippen molar-refractivity contribution in [1.29, 1.82) is 0 Å². The fraction of sp³-hybridized carbons (Fsp3) is 0.407. The first-order valence-electron chi connectivity index (χ1n) is 12.2. The fourth-order valence-electron chi connectivity index (χ4n) is 5.63. The van der Waals surface area contributed by atoms with Crippen molar-refractivity contribution in [2.75, 3.05) is 13.6 Å². The summed E-state index contributed by atoms with van der Waals surface area (Å²) >= 11 is 0. The number of carboxylic acid groups (broad SMARTS) is 1. The molecule has 11 heteroatoms. The summed E-state index contributed by atoms with van der Waals surface area (Å²) < 4.78 is 31.7. The molecule has 3 amide bonds. The lowest BCUT2D eigenvalue weighted by molar-refractivity contribution is -0.192. The van der Waals surface area contributed by atoms with Gasteiger partial charge in [0.05, 0.1) is 11.8 Å².